The van der Waals surface area contributed by atoms with Crippen LogP contribution in [0.4, 0.5) is 17.5 Å². The van der Waals surface area contributed by atoms with Crippen LogP contribution in [-0.2, 0) is 13.8 Å². The first-order chi connectivity index (χ1) is 10.4. The van der Waals surface area contributed by atoms with E-state index in [-0.39, 0.29) is 29.9 Å². The quantitative estimate of drug-likeness (QED) is 0.344. The van der Waals surface area contributed by atoms with E-state index in [1.54, 1.807) is 7.57 Å². The third-order valence-corrected chi connectivity index (χ3v) is 5.47. The van der Waals surface area contributed by atoms with Crippen LogP contribution in [0, 0.1) is 0 Å². The number of nitrogen functional groups attached to an aromatic ring is 1. The number of ether oxygens (including phenoxy) is 1. The van der Waals surface area contributed by atoms with Crippen molar-refractivity contribution in [1.29, 1.82) is 0 Å². The van der Waals surface area contributed by atoms with Crippen LogP contribution in [0.1, 0.15) is 6.42 Å². The molecule has 2 saturated heterocycles. The van der Waals surface area contributed by atoms with Gasteiger partial charge in [-0.05, 0) is 0 Å². The Morgan fingerprint density at radius 1 is 1.50 bits per heavy atom. The number of rotatable bonds is 1. The van der Waals surface area contributed by atoms with E-state index in [2.05, 4.69) is 15.3 Å². The number of hydrogen-bond donors (Lipinski definition) is 4. The summed E-state index contributed by atoms with van der Waals surface area (Å²) in [5, 5.41) is 2.99. The predicted molar refractivity (Wildman–Crippen MR) is 83.4 cm³/mol. The second-order valence-electron chi connectivity index (χ2n) is 5.68. The third-order valence-electron chi connectivity index (χ3n) is 4.03. The van der Waals surface area contributed by atoms with Gasteiger partial charge in [0.25, 0.3) is 0 Å². The SMILES string of the molecule is B[PH]1(O)OCC2OC(N3CNc4c3nc(N)[nH]c4=O)C[C@@H]2O1. The van der Waals surface area contributed by atoms with E-state index in [0.29, 0.717) is 31.2 Å². The monoisotopic (exact) mass is 329 g/mol. The summed E-state index contributed by atoms with van der Waals surface area (Å²) >= 11 is 0. The van der Waals surface area contributed by atoms with Gasteiger partial charge in [-0.1, -0.05) is 0 Å². The average molecular weight is 329 g/mol. The number of H-pyrrole nitrogens is 1. The molecule has 3 atom stereocenters. The molecule has 120 valence electrons. The molecule has 0 amide bonds. The van der Waals surface area contributed by atoms with Crippen LogP contribution in [0.5, 0.6) is 0 Å². The van der Waals surface area contributed by atoms with E-state index in [1.807, 2.05) is 4.90 Å². The van der Waals surface area contributed by atoms with E-state index in [4.69, 9.17) is 19.5 Å². The van der Waals surface area contributed by atoms with Gasteiger partial charge in [0.15, 0.2) is 0 Å². The molecule has 10 nitrogen and oxygen atoms in total. The standard InChI is InChI=1S/C10H17BN5O5P/c11-22(18)19-2-5-4(21-22)1-6(20-5)16-3-13-7-8(16)14-10(12)15-9(7)17/h4-6,13,18,22H,1-3,11H2,(H3,12,14,15,17)/t4-,5?,6?/m0/s1. The number of nitrogens with two attached hydrogens (primary N) is 1. The molecular weight excluding hydrogens is 312 g/mol. The summed E-state index contributed by atoms with van der Waals surface area (Å²) in [7, 11) is -1.45. The summed E-state index contributed by atoms with van der Waals surface area (Å²) < 4.78 is 16.9. The molecule has 5 N–H and O–H groups in total. The van der Waals surface area contributed by atoms with Crippen molar-refractivity contribution in [3.05, 3.63) is 10.4 Å². The van der Waals surface area contributed by atoms with Gasteiger partial charge in [-0.3, -0.25) is 0 Å². The first kappa shape index (κ1) is 14.2. The first-order valence-electron chi connectivity index (χ1n) is 7.03. The zero-order valence-corrected chi connectivity index (χ0v) is 12.9. The molecule has 3 aliphatic heterocycles. The van der Waals surface area contributed by atoms with Crippen LogP contribution in [0.15, 0.2) is 4.79 Å². The van der Waals surface area contributed by atoms with Gasteiger partial charge in [-0.25, -0.2) is 0 Å². The molecule has 12 heteroatoms. The summed E-state index contributed by atoms with van der Waals surface area (Å²) in [4.78, 5) is 30.3. The van der Waals surface area contributed by atoms with Crippen LogP contribution in [0.3, 0.4) is 0 Å². The fraction of sp³-hybridized carbons (Fsp3) is 0.600. The van der Waals surface area contributed by atoms with Gasteiger partial charge in [-0.2, -0.15) is 0 Å². The molecule has 3 aliphatic rings. The number of nitrogens with zero attached hydrogens (tertiary/aromatic N) is 2. The van der Waals surface area contributed by atoms with Gasteiger partial charge < -0.3 is 0 Å². The summed E-state index contributed by atoms with van der Waals surface area (Å²) in [5.74, 6) is 0.526. The van der Waals surface area contributed by atoms with Crippen molar-refractivity contribution in [1.82, 2.24) is 9.97 Å². The molecule has 0 saturated carbocycles. The van der Waals surface area contributed by atoms with E-state index < -0.39 is 7.82 Å². The predicted octanol–water partition coefficient (Wildman–Crippen LogP) is -1.89. The normalized spacial score (nSPS) is 33.9. The molecule has 4 heterocycles. The molecule has 2 unspecified atom stereocenters. The van der Waals surface area contributed by atoms with Crippen molar-refractivity contribution >= 4 is 32.8 Å². The summed E-state index contributed by atoms with van der Waals surface area (Å²) in [6, 6.07) is 0. The number of aromatic nitrogens is 2. The van der Waals surface area contributed by atoms with E-state index in [9.17, 15) is 9.69 Å². The maximum absolute atomic E-state index is 11.9. The summed E-state index contributed by atoms with van der Waals surface area (Å²) in [6.45, 7) is 0.701. The second-order valence-corrected chi connectivity index (χ2v) is 8.00. The van der Waals surface area contributed by atoms with Crippen LogP contribution < -0.4 is 21.5 Å². The van der Waals surface area contributed by atoms with Crippen molar-refractivity contribution in [2.24, 2.45) is 0 Å². The Bertz CT molecular complexity index is 672. The van der Waals surface area contributed by atoms with Gasteiger partial charge in [0.05, 0.1) is 0 Å². The van der Waals surface area contributed by atoms with E-state index in [1.165, 1.54) is 0 Å². The molecule has 0 bridgehead atoms. The summed E-state index contributed by atoms with van der Waals surface area (Å²) in [5.41, 5.74) is 5.68. The molecule has 0 aromatic carbocycles. The van der Waals surface area contributed by atoms with Crippen molar-refractivity contribution in [3.8, 4) is 0 Å². The molecule has 1 aromatic rings. The summed E-state index contributed by atoms with van der Waals surface area (Å²) in [6.07, 6.45) is -0.207. The molecule has 0 radical (unpaired) electrons. The van der Waals surface area contributed by atoms with Crippen molar-refractivity contribution in [2.45, 2.75) is 24.9 Å². The third kappa shape index (κ3) is 2.25. The molecule has 2 fully saturated rings. The Kier molecular flexibility index (Phi) is 3.11. The molecular formula is C10H17BN5O5P. The first-order valence-corrected chi connectivity index (χ1v) is 9.29. The Labute approximate surface area is 126 Å². The maximum atomic E-state index is 11.9. The molecule has 0 spiro atoms. The van der Waals surface area contributed by atoms with E-state index >= 15 is 0 Å². The zero-order chi connectivity index (χ0) is 15.5. The number of hydrogen-bond acceptors (Lipinski definition) is 9. The van der Waals surface area contributed by atoms with Crippen LogP contribution in [0.25, 0.3) is 0 Å². The van der Waals surface area contributed by atoms with Gasteiger partial charge in [0.1, 0.15) is 0 Å². The Hall–Kier alpha value is -1.39. The van der Waals surface area contributed by atoms with Crippen LogP contribution in [-0.4, -0.2) is 54.1 Å². The Morgan fingerprint density at radius 2 is 2.32 bits per heavy atom. The van der Waals surface area contributed by atoms with Gasteiger partial charge in [-0.15, -0.1) is 0 Å². The molecule has 4 rings (SSSR count). The van der Waals surface area contributed by atoms with E-state index in [0.717, 1.165) is 0 Å². The molecule has 0 aliphatic carbocycles. The minimum absolute atomic E-state index is 0.0581. The number of nitrogens with one attached hydrogen (secondary N) is 2. The molecule has 22 heavy (non-hydrogen) atoms. The van der Waals surface area contributed by atoms with Crippen LogP contribution in [0.2, 0.25) is 0 Å². The topological polar surface area (TPSA) is 135 Å². The number of fused-ring (bicyclic) bond motifs is 2. The fourth-order valence-electron chi connectivity index (χ4n) is 3.04. The average Bonchev–Trinajstić information content (AvgIpc) is 3.00. The number of aromatic amines is 1. The van der Waals surface area contributed by atoms with Gasteiger partial charge >= 0.3 is 126 Å². The Balaban J connectivity index is 1.58. The number of anilines is 3. The van der Waals surface area contributed by atoms with Gasteiger partial charge in [0, 0.05) is 0 Å². The van der Waals surface area contributed by atoms with Crippen molar-refractivity contribution in [3.63, 3.8) is 0 Å². The van der Waals surface area contributed by atoms with Gasteiger partial charge in [0.2, 0.25) is 0 Å². The Morgan fingerprint density at radius 3 is 3.14 bits per heavy atom. The second kappa shape index (κ2) is 4.80. The van der Waals surface area contributed by atoms with Crippen molar-refractivity contribution in [2.75, 3.05) is 29.2 Å². The van der Waals surface area contributed by atoms with Crippen LogP contribution >= 0.6 is 7.82 Å². The minimum atomic E-state index is -3.04. The zero-order valence-electron chi connectivity index (χ0n) is 11.9. The van der Waals surface area contributed by atoms with Crippen molar-refractivity contribution < 1.29 is 18.7 Å². The fourth-order valence-corrected chi connectivity index (χ4v) is 4.39. The molecule has 1 aromatic heterocycles.